The molecule has 0 saturated carbocycles. The van der Waals surface area contributed by atoms with Crippen molar-refractivity contribution in [3.63, 3.8) is 0 Å². The van der Waals surface area contributed by atoms with Gasteiger partial charge in [-0.2, -0.15) is 0 Å². The predicted molar refractivity (Wildman–Crippen MR) is 56.6 cm³/mol. The molecule has 0 radical (unpaired) electrons. The molecule has 4 heteroatoms. The molecule has 1 amide bonds. The molecule has 0 unspecified atom stereocenters. The number of carbonyl (C=O) groups is 1. The van der Waals surface area contributed by atoms with Crippen molar-refractivity contribution in [2.45, 2.75) is 12.8 Å². The maximum atomic E-state index is 9.43. The molecule has 0 bridgehead atoms. The molecule has 11 heavy (non-hydrogen) atoms. The van der Waals surface area contributed by atoms with Gasteiger partial charge in [-0.25, -0.2) is 0 Å². The van der Waals surface area contributed by atoms with E-state index in [0.717, 1.165) is 17.1 Å². The van der Waals surface area contributed by atoms with Crippen molar-refractivity contribution in [1.29, 1.82) is 0 Å². The molecule has 0 aromatic rings. The summed E-state index contributed by atoms with van der Waals surface area (Å²) in [5, 5.41) is 2.28. The summed E-state index contributed by atoms with van der Waals surface area (Å²) >= 11 is 6.66. The third kappa shape index (κ3) is 25.1. The Morgan fingerprint density at radius 3 is 1.55 bits per heavy atom. The van der Waals surface area contributed by atoms with E-state index in [1.807, 2.05) is 0 Å². The van der Waals surface area contributed by atoms with Crippen LogP contribution in [0.3, 0.4) is 0 Å². The molecular formula is C7H15Br2NO. The smallest absolute Gasteiger partial charge is 0.209 e. The summed E-state index contributed by atoms with van der Waals surface area (Å²) in [6.45, 7) is 0. The lowest BCUT2D eigenvalue weighted by atomic mass is 10.4. The molecular weight excluding hydrogens is 274 g/mol. The Bertz CT molecular complexity index is 74.8. The van der Waals surface area contributed by atoms with Crippen molar-refractivity contribution >= 4 is 38.3 Å². The average molecular weight is 289 g/mol. The molecule has 68 valence electrons. The summed E-state index contributed by atoms with van der Waals surface area (Å²) in [5.74, 6) is 0. The predicted octanol–water partition coefficient (Wildman–Crippen LogP) is 2.26. The lowest BCUT2D eigenvalue weighted by Crippen LogP contribution is -2.06. The fraction of sp³-hybridized carbons (Fsp3) is 0.857. The van der Waals surface area contributed by atoms with Crippen LogP contribution in [0, 0.1) is 0 Å². The maximum absolute atomic E-state index is 9.43. The molecule has 0 saturated heterocycles. The molecule has 0 fully saturated rings. The van der Waals surface area contributed by atoms with Crippen LogP contribution in [0.15, 0.2) is 0 Å². The van der Waals surface area contributed by atoms with Gasteiger partial charge < -0.3 is 4.90 Å². The third-order valence-corrected chi connectivity index (χ3v) is 1.85. The quantitative estimate of drug-likeness (QED) is 0.441. The highest BCUT2D eigenvalue weighted by Crippen LogP contribution is 1.95. The van der Waals surface area contributed by atoms with Gasteiger partial charge in [-0.15, -0.1) is 0 Å². The second-order valence-electron chi connectivity index (χ2n) is 2.15. The Balaban J connectivity index is 0. The van der Waals surface area contributed by atoms with Crippen LogP contribution in [0.5, 0.6) is 0 Å². The number of unbranched alkanes of at least 4 members (excludes halogenated alkanes) is 1. The van der Waals surface area contributed by atoms with E-state index < -0.39 is 0 Å². The van der Waals surface area contributed by atoms with Crippen molar-refractivity contribution in [2.24, 2.45) is 0 Å². The molecule has 2 nitrogen and oxygen atoms in total. The minimum Gasteiger partial charge on any atom is -0.351 e. The number of carbonyl (C=O) groups excluding carboxylic acids is 1. The largest absolute Gasteiger partial charge is 0.351 e. The van der Waals surface area contributed by atoms with E-state index in [9.17, 15) is 4.79 Å². The first kappa shape index (κ1) is 14.0. The van der Waals surface area contributed by atoms with Gasteiger partial charge in [0.2, 0.25) is 6.41 Å². The summed E-state index contributed by atoms with van der Waals surface area (Å²) in [6, 6.07) is 0. The van der Waals surface area contributed by atoms with Gasteiger partial charge in [0, 0.05) is 24.8 Å². The van der Waals surface area contributed by atoms with Crippen LogP contribution in [0.1, 0.15) is 12.8 Å². The average Bonchev–Trinajstić information content (AvgIpc) is 2.02. The van der Waals surface area contributed by atoms with Crippen LogP contribution < -0.4 is 0 Å². The number of amides is 1. The highest BCUT2D eigenvalue weighted by Gasteiger charge is 1.77. The van der Waals surface area contributed by atoms with E-state index in [1.54, 1.807) is 14.1 Å². The van der Waals surface area contributed by atoms with Gasteiger partial charge in [0.1, 0.15) is 0 Å². The van der Waals surface area contributed by atoms with Gasteiger partial charge >= 0.3 is 0 Å². The number of rotatable bonds is 4. The molecule has 0 rings (SSSR count). The van der Waals surface area contributed by atoms with Crippen molar-refractivity contribution in [3.05, 3.63) is 0 Å². The fourth-order valence-electron chi connectivity index (χ4n) is 0.189. The monoisotopic (exact) mass is 287 g/mol. The Hall–Kier alpha value is 0.430. The highest BCUT2D eigenvalue weighted by atomic mass is 79.9. The first-order chi connectivity index (χ1) is 5.18. The van der Waals surface area contributed by atoms with E-state index in [-0.39, 0.29) is 0 Å². The first-order valence-corrected chi connectivity index (χ1v) is 5.67. The minimum atomic E-state index is 0.750. The summed E-state index contributed by atoms with van der Waals surface area (Å²) < 4.78 is 0. The van der Waals surface area contributed by atoms with Crippen molar-refractivity contribution in [3.8, 4) is 0 Å². The van der Waals surface area contributed by atoms with Crippen LogP contribution in [0.4, 0.5) is 0 Å². The van der Waals surface area contributed by atoms with Crippen LogP contribution in [0.25, 0.3) is 0 Å². The van der Waals surface area contributed by atoms with E-state index in [4.69, 9.17) is 0 Å². The van der Waals surface area contributed by atoms with Crippen molar-refractivity contribution in [1.82, 2.24) is 4.90 Å². The maximum Gasteiger partial charge on any atom is 0.209 e. The van der Waals surface area contributed by atoms with Crippen LogP contribution >= 0.6 is 31.9 Å². The number of hydrogen-bond donors (Lipinski definition) is 0. The van der Waals surface area contributed by atoms with Crippen LogP contribution in [0.2, 0.25) is 0 Å². The zero-order valence-electron chi connectivity index (χ0n) is 7.02. The molecule has 0 aromatic carbocycles. The van der Waals surface area contributed by atoms with E-state index in [2.05, 4.69) is 31.9 Å². The molecule has 0 aliphatic heterocycles. The molecule has 0 N–H and O–H groups in total. The zero-order valence-corrected chi connectivity index (χ0v) is 10.2. The van der Waals surface area contributed by atoms with Gasteiger partial charge in [0.05, 0.1) is 0 Å². The summed E-state index contributed by atoms with van der Waals surface area (Å²) in [7, 11) is 3.38. The summed E-state index contributed by atoms with van der Waals surface area (Å²) in [5.41, 5.74) is 0. The van der Waals surface area contributed by atoms with Gasteiger partial charge in [0.15, 0.2) is 0 Å². The zero-order chi connectivity index (χ0) is 9.11. The first-order valence-electron chi connectivity index (χ1n) is 3.42. The van der Waals surface area contributed by atoms with E-state index in [0.29, 0.717) is 0 Å². The SMILES string of the molecule is BrCCCCBr.CN(C)C=O. The van der Waals surface area contributed by atoms with Gasteiger partial charge in [0.25, 0.3) is 0 Å². The van der Waals surface area contributed by atoms with E-state index >= 15 is 0 Å². The second kappa shape index (κ2) is 13.1. The second-order valence-corrected chi connectivity index (χ2v) is 3.74. The highest BCUT2D eigenvalue weighted by molar-refractivity contribution is 9.09. The van der Waals surface area contributed by atoms with Crippen LogP contribution in [-0.4, -0.2) is 36.1 Å². The summed E-state index contributed by atoms with van der Waals surface area (Å²) in [6.07, 6.45) is 3.32. The number of halogens is 2. The molecule has 0 aliphatic carbocycles. The standard InChI is InChI=1S/C4H8Br2.C3H7NO/c5-3-1-2-4-6;1-4(2)3-5/h1-4H2;3H,1-2H3. The fourth-order valence-corrected chi connectivity index (χ4v) is 0.982. The Morgan fingerprint density at radius 2 is 1.45 bits per heavy atom. The molecule has 0 atom stereocenters. The minimum absolute atomic E-state index is 0.750. The molecule has 0 aromatic heterocycles. The number of alkyl halides is 2. The van der Waals surface area contributed by atoms with Gasteiger partial charge in [-0.05, 0) is 12.8 Å². The van der Waals surface area contributed by atoms with Gasteiger partial charge in [-0.3, -0.25) is 4.79 Å². The molecule has 0 spiro atoms. The van der Waals surface area contributed by atoms with Gasteiger partial charge in [-0.1, -0.05) is 31.9 Å². The van der Waals surface area contributed by atoms with Crippen molar-refractivity contribution in [2.75, 3.05) is 24.8 Å². The normalized spacial score (nSPS) is 8.00. The molecule has 0 heterocycles. The van der Waals surface area contributed by atoms with Crippen LogP contribution in [-0.2, 0) is 4.79 Å². The van der Waals surface area contributed by atoms with Crippen molar-refractivity contribution < 1.29 is 4.79 Å². The molecule has 0 aliphatic rings. The third-order valence-electron chi connectivity index (χ3n) is 0.728. The number of hydrogen-bond acceptors (Lipinski definition) is 1. The Kier molecular flexibility index (Phi) is 16.6. The van der Waals surface area contributed by atoms with E-state index in [1.165, 1.54) is 17.7 Å². The Morgan fingerprint density at radius 1 is 1.18 bits per heavy atom. The number of nitrogens with zero attached hydrogens (tertiary/aromatic N) is 1. The lowest BCUT2D eigenvalue weighted by Gasteiger charge is -1.93. The lowest BCUT2D eigenvalue weighted by molar-refractivity contribution is -0.115. The Labute approximate surface area is 85.6 Å². The summed E-state index contributed by atoms with van der Waals surface area (Å²) in [4.78, 5) is 10.9. The topological polar surface area (TPSA) is 20.3 Å².